The van der Waals surface area contributed by atoms with Gasteiger partial charge in [0.2, 0.25) is 5.91 Å². The van der Waals surface area contributed by atoms with Gasteiger partial charge in [0.25, 0.3) is 0 Å². The van der Waals surface area contributed by atoms with Crippen LogP contribution in [0, 0.1) is 0 Å². The van der Waals surface area contributed by atoms with Crippen LogP contribution in [-0.4, -0.2) is 47.4 Å². The normalized spacial score (nSPS) is 12.6. The standard InChI is InChI=1S/C81H157NO5/c1-3-5-7-9-11-13-15-17-19-20-21-22-23-30-33-36-39-42-46-49-53-57-61-65-69-73-79(84)78(77-83)82-80(85)74-70-66-62-58-54-50-47-43-40-37-34-31-28-26-24-25-27-29-32-35-38-41-44-48-52-56-60-64-68-72-76-87-81(86)75-71-67-63-59-55-51-45-18-16-14-12-10-8-6-4-2/h25,27,69,73,78-79,83-84H,3-24,26,28-68,70-72,74-77H2,1-2H3,(H,82,85)/b27-25-,73-69+. The van der Waals surface area contributed by atoms with Crippen LogP contribution in [0.25, 0.3) is 0 Å². The van der Waals surface area contributed by atoms with Crippen LogP contribution in [0.5, 0.6) is 0 Å². The van der Waals surface area contributed by atoms with Crippen molar-refractivity contribution in [2.75, 3.05) is 13.2 Å². The molecular formula is C81H157NO5. The van der Waals surface area contributed by atoms with Crippen LogP contribution in [0.3, 0.4) is 0 Å². The fraction of sp³-hybridized carbons (Fsp3) is 0.926. The molecule has 0 bridgehead atoms. The van der Waals surface area contributed by atoms with E-state index in [4.69, 9.17) is 4.74 Å². The van der Waals surface area contributed by atoms with Gasteiger partial charge in [-0.15, -0.1) is 0 Å². The summed E-state index contributed by atoms with van der Waals surface area (Å²) in [7, 11) is 0. The molecule has 0 saturated heterocycles. The molecule has 0 aromatic rings. The number of hydrogen-bond acceptors (Lipinski definition) is 5. The predicted octanol–water partition coefficient (Wildman–Crippen LogP) is 26.4. The molecule has 0 spiro atoms. The van der Waals surface area contributed by atoms with E-state index in [2.05, 4.69) is 31.3 Å². The van der Waals surface area contributed by atoms with Crippen LogP contribution >= 0.6 is 0 Å². The van der Waals surface area contributed by atoms with Crippen molar-refractivity contribution in [3.05, 3.63) is 24.3 Å². The van der Waals surface area contributed by atoms with Crippen molar-refractivity contribution >= 4 is 11.9 Å². The number of unbranched alkanes of at least 4 members (excludes halogenated alkanes) is 63. The van der Waals surface area contributed by atoms with Crippen LogP contribution < -0.4 is 5.32 Å². The molecule has 0 aromatic carbocycles. The molecule has 516 valence electrons. The van der Waals surface area contributed by atoms with Crippen molar-refractivity contribution in [2.45, 2.75) is 469 Å². The zero-order chi connectivity index (χ0) is 62.8. The van der Waals surface area contributed by atoms with E-state index in [1.165, 1.54) is 392 Å². The summed E-state index contributed by atoms with van der Waals surface area (Å²) in [6, 6.07) is -0.628. The van der Waals surface area contributed by atoms with Crippen LogP contribution in [-0.2, 0) is 14.3 Å². The molecule has 0 aliphatic carbocycles. The van der Waals surface area contributed by atoms with Crippen LogP contribution in [0.15, 0.2) is 24.3 Å². The average Bonchev–Trinajstić information content (AvgIpc) is 3.54. The average molecular weight is 1230 g/mol. The van der Waals surface area contributed by atoms with Gasteiger partial charge in [-0.3, -0.25) is 9.59 Å². The zero-order valence-corrected chi connectivity index (χ0v) is 59.3. The molecule has 6 heteroatoms. The van der Waals surface area contributed by atoms with E-state index in [9.17, 15) is 19.8 Å². The van der Waals surface area contributed by atoms with E-state index in [0.717, 1.165) is 38.5 Å². The maximum Gasteiger partial charge on any atom is 0.305 e. The first-order valence-electron chi connectivity index (χ1n) is 40.1. The van der Waals surface area contributed by atoms with Gasteiger partial charge in [-0.2, -0.15) is 0 Å². The van der Waals surface area contributed by atoms with Crippen molar-refractivity contribution in [1.82, 2.24) is 5.32 Å². The molecule has 87 heavy (non-hydrogen) atoms. The molecule has 1 amide bonds. The molecular weight excluding hydrogens is 1070 g/mol. The minimum absolute atomic E-state index is 0.0208. The maximum absolute atomic E-state index is 12.6. The van der Waals surface area contributed by atoms with Crippen LogP contribution in [0.1, 0.15) is 457 Å². The van der Waals surface area contributed by atoms with Crippen molar-refractivity contribution < 1.29 is 24.5 Å². The summed E-state index contributed by atoms with van der Waals surface area (Å²) in [5.41, 5.74) is 0. The third-order valence-electron chi connectivity index (χ3n) is 19.0. The first-order valence-corrected chi connectivity index (χ1v) is 40.1. The molecule has 0 rings (SSSR count). The lowest BCUT2D eigenvalue weighted by atomic mass is 10.0. The highest BCUT2D eigenvalue weighted by atomic mass is 16.5. The lowest BCUT2D eigenvalue weighted by Crippen LogP contribution is -2.45. The predicted molar refractivity (Wildman–Crippen MR) is 384 cm³/mol. The van der Waals surface area contributed by atoms with E-state index < -0.39 is 12.1 Å². The van der Waals surface area contributed by atoms with Gasteiger partial charge >= 0.3 is 5.97 Å². The number of amides is 1. The van der Waals surface area contributed by atoms with Crippen molar-refractivity contribution in [3.8, 4) is 0 Å². The van der Waals surface area contributed by atoms with Gasteiger partial charge < -0.3 is 20.3 Å². The van der Waals surface area contributed by atoms with Gasteiger partial charge in [0.05, 0.1) is 25.4 Å². The zero-order valence-electron chi connectivity index (χ0n) is 59.3. The molecule has 0 saturated carbocycles. The first kappa shape index (κ1) is 85.3. The number of aliphatic hydroxyl groups excluding tert-OH is 2. The number of rotatable bonds is 76. The highest BCUT2D eigenvalue weighted by Gasteiger charge is 2.18. The molecule has 0 aliphatic rings. The number of hydrogen-bond donors (Lipinski definition) is 3. The topological polar surface area (TPSA) is 95.9 Å². The Morgan fingerprint density at radius 1 is 0.310 bits per heavy atom. The SMILES string of the molecule is CCCCCCCCCCCCCCCCCCCCCCCCC/C=C/C(O)C(CO)NC(=O)CCCCCCCCCCCCCCCC/C=C\CCCCCCCCCCCCCCOC(=O)CCCCCCCCCCCCCCCCC. The second-order valence-corrected chi connectivity index (χ2v) is 27.8. The van der Waals surface area contributed by atoms with Gasteiger partial charge in [0.1, 0.15) is 0 Å². The number of allylic oxidation sites excluding steroid dienone is 3. The lowest BCUT2D eigenvalue weighted by Gasteiger charge is -2.20. The Kier molecular flexibility index (Phi) is 75.3. The highest BCUT2D eigenvalue weighted by molar-refractivity contribution is 5.76. The molecule has 6 nitrogen and oxygen atoms in total. The Balaban J connectivity index is 3.38. The minimum Gasteiger partial charge on any atom is -0.466 e. The van der Waals surface area contributed by atoms with E-state index in [-0.39, 0.29) is 18.5 Å². The summed E-state index contributed by atoms with van der Waals surface area (Å²) in [5.74, 6) is -0.0402. The maximum atomic E-state index is 12.6. The number of ether oxygens (including phenoxy) is 1. The third kappa shape index (κ3) is 73.3. The van der Waals surface area contributed by atoms with Gasteiger partial charge in [0, 0.05) is 12.8 Å². The summed E-state index contributed by atoms with van der Waals surface area (Å²) in [5, 5.41) is 23.3. The smallest absolute Gasteiger partial charge is 0.305 e. The van der Waals surface area contributed by atoms with Crippen molar-refractivity contribution in [3.63, 3.8) is 0 Å². The summed E-state index contributed by atoms with van der Waals surface area (Å²) in [6.45, 7) is 4.96. The van der Waals surface area contributed by atoms with Crippen LogP contribution in [0.2, 0.25) is 0 Å². The van der Waals surface area contributed by atoms with Gasteiger partial charge in [-0.25, -0.2) is 0 Å². The quantitative estimate of drug-likeness (QED) is 0.0320. The molecule has 0 aromatic heterocycles. The van der Waals surface area contributed by atoms with E-state index in [0.29, 0.717) is 19.4 Å². The molecule has 0 radical (unpaired) electrons. The molecule has 2 unspecified atom stereocenters. The van der Waals surface area contributed by atoms with E-state index in [1.54, 1.807) is 6.08 Å². The number of carbonyl (C=O) groups excluding carboxylic acids is 2. The second kappa shape index (κ2) is 76.8. The lowest BCUT2D eigenvalue weighted by molar-refractivity contribution is -0.143. The third-order valence-corrected chi connectivity index (χ3v) is 19.0. The first-order chi connectivity index (χ1) is 43.0. The minimum atomic E-state index is -0.845. The Morgan fingerprint density at radius 2 is 0.540 bits per heavy atom. The van der Waals surface area contributed by atoms with Gasteiger partial charge in [-0.1, -0.05) is 411 Å². The Morgan fingerprint density at radius 3 is 0.816 bits per heavy atom. The molecule has 3 N–H and O–H groups in total. The number of carbonyl (C=O) groups is 2. The van der Waals surface area contributed by atoms with Gasteiger partial charge in [0.15, 0.2) is 0 Å². The molecule has 0 aliphatic heterocycles. The number of nitrogens with one attached hydrogen (secondary N) is 1. The van der Waals surface area contributed by atoms with Crippen molar-refractivity contribution in [2.24, 2.45) is 0 Å². The Hall–Kier alpha value is -1.66. The van der Waals surface area contributed by atoms with Crippen molar-refractivity contribution in [1.29, 1.82) is 0 Å². The fourth-order valence-corrected chi connectivity index (χ4v) is 12.9. The summed E-state index contributed by atoms with van der Waals surface area (Å²) in [4.78, 5) is 24.6. The Bertz CT molecular complexity index is 1360. The summed E-state index contributed by atoms with van der Waals surface area (Å²) >= 11 is 0. The molecule has 0 heterocycles. The summed E-state index contributed by atoms with van der Waals surface area (Å²) in [6.07, 6.45) is 98.7. The van der Waals surface area contributed by atoms with Gasteiger partial charge in [-0.05, 0) is 57.8 Å². The number of aliphatic hydroxyl groups is 2. The fourth-order valence-electron chi connectivity index (χ4n) is 12.9. The highest BCUT2D eigenvalue weighted by Crippen LogP contribution is 2.20. The van der Waals surface area contributed by atoms with E-state index >= 15 is 0 Å². The Labute approximate surface area is 545 Å². The second-order valence-electron chi connectivity index (χ2n) is 27.8. The largest absolute Gasteiger partial charge is 0.466 e. The van der Waals surface area contributed by atoms with Crippen LogP contribution in [0.4, 0.5) is 0 Å². The summed E-state index contributed by atoms with van der Waals surface area (Å²) < 4.78 is 5.50. The molecule has 0 fully saturated rings. The monoisotopic (exact) mass is 1220 g/mol. The number of esters is 1. The molecule has 2 atom stereocenters. The van der Waals surface area contributed by atoms with E-state index in [1.807, 2.05) is 6.08 Å².